The van der Waals surface area contributed by atoms with Crippen LogP contribution in [0.1, 0.15) is 38.5 Å². The van der Waals surface area contributed by atoms with Gasteiger partial charge in [-0.05, 0) is 38.1 Å². The number of carbonyl (C=O) groups is 1. The molecule has 2 aliphatic carbocycles. The summed E-state index contributed by atoms with van der Waals surface area (Å²) in [6.45, 7) is 2.41. The molecule has 4 N–H and O–H groups in total. The lowest BCUT2D eigenvalue weighted by Crippen LogP contribution is -2.44. The Morgan fingerprint density at radius 2 is 1.88 bits per heavy atom. The molecule has 17 heavy (non-hydrogen) atoms. The third-order valence-electron chi connectivity index (χ3n) is 3.99. The van der Waals surface area contributed by atoms with Crippen molar-refractivity contribution in [1.29, 1.82) is 0 Å². The van der Waals surface area contributed by atoms with Gasteiger partial charge in [-0.2, -0.15) is 0 Å². The maximum Gasteiger partial charge on any atom is 0.223 e. The molecule has 2 rings (SSSR count). The van der Waals surface area contributed by atoms with Crippen molar-refractivity contribution >= 4 is 5.91 Å². The molecule has 0 aromatic carbocycles. The van der Waals surface area contributed by atoms with Gasteiger partial charge in [-0.25, -0.2) is 0 Å². The molecule has 0 bridgehead atoms. The maximum absolute atomic E-state index is 11.4. The Balaban J connectivity index is 1.58. The molecule has 2 fully saturated rings. The summed E-state index contributed by atoms with van der Waals surface area (Å²) in [4.78, 5) is 11.4. The second-order valence-corrected chi connectivity index (χ2v) is 5.41. The van der Waals surface area contributed by atoms with Crippen LogP contribution < -0.4 is 16.4 Å². The lowest BCUT2D eigenvalue weighted by molar-refractivity contribution is -0.122. The highest BCUT2D eigenvalue weighted by Crippen LogP contribution is 2.28. The minimum atomic E-state index is 0.241. The molecular formula is C13H25N3O. The molecule has 98 valence electrons. The summed E-state index contributed by atoms with van der Waals surface area (Å²) in [5.41, 5.74) is 5.78. The second-order valence-electron chi connectivity index (χ2n) is 5.41. The Labute approximate surface area is 104 Å². The first-order valence-corrected chi connectivity index (χ1v) is 7.02. The van der Waals surface area contributed by atoms with Crippen LogP contribution in [-0.4, -0.2) is 31.6 Å². The van der Waals surface area contributed by atoms with E-state index in [2.05, 4.69) is 10.6 Å². The van der Waals surface area contributed by atoms with Crippen LogP contribution in [0.4, 0.5) is 0 Å². The van der Waals surface area contributed by atoms with Gasteiger partial charge in [-0.3, -0.25) is 4.79 Å². The van der Waals surface area contributed by atoms with Gasteiger partial charge in [0.25, 0.3) is 0 Å². The van der Waals surface area contributed by atoms with Gasteiger partial charge in [0.05, 0.1) is 0 Å². The van der Waals surface area contributed by atoms with Gasteiger partial charge in [0, 0.05) is 25.0 Å². The minimum Gasteiger partial charge on any atom is -0.355 e. The molecule has 0 aromatic rings. The summed E-state index contributed by atoms with van der Waals surface area (Å²) in [5, 5.41) is 6.53. The largest absolute Gasteiger partial charge is 0.355 e. The average molecular weight is 239 g/mol. The molecular weight excluding hydrogens is 214 g/mol. The molecule has 2 aliphatic rings. The highest BCUT2D eigenvalue weighted by Gasteiger charge is 2.29. The van der Waals surface area contributed by atoms with Gasteiger partial charge in [0.1, 0.15) is 0 Å². The molecule has 0 aliphatic heterocycles. The molecule has 2 saturated carbocycles. The molecule has 0 saturated heterocycles. The molecule has 2 unspecified atom stereocenters. The fraction of sp³-hybridized carbons (Fsp3) is 0.923. The summed E-state index contributed by atoms with van der Waals surface area (Å²) < 4.78 is 0. The number of hydrogen-bond donors (Lipinski definition) is 3. The van der Waals surface area contributed by atoms with E-state index in [1.807, 2.05) is 0 Å². The fourth-order valence-electron chi connectivity index (χ4n) is 2.69. The molecule has 1 amide bonds. The Morgan fingerprint density at radius 3 is 2.59 bits per heavy atom. The van der Waals surface area contributed by atoms with Crippen molar-refractivity contribution in [3.05, 3.63) is 0 Å². The standard InChI is InChI=1S/C13H25N3O/c14-9-11-3-1-2-4-12(11)15-7-8-16-13(17)10-5-6-10/h10-12,15H,1-9,14H2,(H,16,17). The Morgan fingerprint density at radius 1 is 1.12 bits per heavy atom. The molecule has 0 spiro atoms. The van der Waals surface area contributed by atoms with Crippen molar-refractivity contribution in [3.63, 3.8) is 0 Å². The van der Waals surface area contributed by atoms with Crippen molar-refractivity contribution in [1.82, 2.24) is 10.6 Å². The summed E-state index contributed by atoms with van der Waals surface area (Å²) in [5.74, 6) is 1.19. The zero-order chi connectivity index (χ0) is 12.1. The Kier molecular flexibility index (Phi) is 4.80. The summed E-state index contributed by atoms with van der Waals surface area (Å²) >= 11 is 0. The van der Waals surface area contributed by atoms with Crippen LogP contribution in [0.25, 0.3) is 0 Å². The van der Waals surface area contributed by atoms with Crippen molar-refractivity contribution in [2.75, 3.05) is 19.6 Å². The van der Waals surface area contributed by atoms with E-state index in [0.29, 0.717) is 17.9 Å². The van der Waals surface area contributed by atoms with Gasteiger partial charge in [-0.15, -0.1) is 0 Å². The van der Waals surface area contributed by atoms with Crippen molar-refractivity contribution in [2.24, 2.45) is 17.6 Å². The van der Waals surface area contributed by atoms with Crippen molar-refractivity contribution in [2.45, 2.75) is 44.6 Å². The van der Waals surface area contributed by atoms with Crippen molar-refractivity contribution in [3.8, 4) is 0 Å². The second kappa shape index (κ2) is 6.36. The summed E-state index contributed by atoms with van der Waals surface area (Å²) in [6.07, 6.45) is 7.27. The highest BCUT2D eigenvalue weighted by atomic mass is 16.2. The molecule has 4 heteroatoms. The number of amides is 1. The van der Waals surface area contributed by atoms with Gasteiger partial charge in [0.2, 0.25) is 5.91 Å². The number of carbonyl (C=O) groups excluding carboxylic acids is 1. The van der Waals surface area contributed by atoms with Crippen LogP contribution in [0.3, 0.4) is 0 Å². The first kappa shape index (κ1) is 12.8. The Hall–Kier alpha value is -0.610. The Bertz CT molecular complexity index is 253. The van der Waals surface area contributed by atoms with E-state index in [9.17, 15) is 4.79 Å². The van der Waals surface area contributed by atoms with E-state index >= 15 is 0 Å². The first-order valence-electron chi connectivity index (χ1n) is 7.02. The molecule has 2 atom stereocenters. The zero-order valence-electron chi connectivity index (χ0n) is 10.6. The van der Waals surface area contributed by atoms with E-state index in [0.717, 1.165) is 32.5 Å². The smallest absolute Gasteiger partial charge is 0.223 e. The summed E-state index contributed by atoms with van der Waals surface area (Å²) in [7, 11) is 0. The third kappa shape index (κ3) is 3.96. The highest BCUT2D eigenvalue weighted by molar-refractivity contribution is 5.80. The van der Waals surface area contributed by atoms with Crippen LogP contribution in [0, 0.1) is 11.8 Å². The van der Waals surface area contributed by atoms with E-state index in [1.54, 1.807) is 0 Å². The number of rotatable bonds is 6. The van der Waals surface area contributed by atoms with Crippen LogP contribution in [-0.2, 0) is 4.79 Å². The predicted octanol–water partition coefficient (Wildman–Crippen LogP) is 0.620. The van der Waals surface area contributed by atoms with Crippen LogP contribution >= 0.6 is 0 Å². The van der Waals surface area contributed by atoms with E-state index in [4.69, 9.17) is 5.73 Å². The lowest BCUT2D eigenvalue weighted by Gasteiger charge is -2.31. The van der Waals surface area contributed by atoms with E-state index in [1.165, 1.54) is 25.7 Å². The third-order valence-corrected chi connectivity index (χ3v) is 3.99. The molecule has 0 aromatic heterocycles. The fourth-order valence-corrected chi connectivity index (χ4v) is 2.69. The van der Waals surface area contributed by atoms with Crippen molar-refractivity contribution < 1.29 is 4.79 Å². The minimum absolute atomic E-state index is 0.241. The van der Waals surface area contributed by atoms with Crippen LogP contribution in [0.15, 0.2) is 0 Å². The maximum atomic E-state index is 11.4. The quantitative estimate of drug-likeness (QED) is 0.595. The van der Waals surface area contributed by atoms with Gasteiger partial charge in [0.15, 0.2) is 0 Å². The normalized spacial score (nSPS) is 29.0. The SMILES string of the molecule is NCC1CCCCC1NCCNC(=O)C1CC1. The van der Waals surface area contributed by atoms with E-state index in [-0.39, 0.29) is 5.91 Å². The van der Waals surface area contributed by atoms with Gasteiger partial charge in [-0.1, -0.05) is 12.8 Å². The van der Waals surface area contributed by atoms with Gasteiger partial charge < -0.3 is 16.4 Å². The van der Waals surface area contributed by atoms with Crippen LogP contribution in [0.5, 0.6) is 0 Å². The predicted molar refractivity (Wildman–Crippen MR) is 68.5 cm³/mol. The van der Waals surface area contributed by atoms with Gasteiger partial charge >= 0.3 is 0 Å². The molecule has 0 heterocycles. The monoisotopic (exact) mass is 239 g/mol. The summed E-state index contributed by atoms with van der Waals surface area (Å²) in [6, 6.07) is 0.562. The average Bonchev–Trinajstić information content (AvgIpc) is 3.19. The lowest BCUT2D eigenvalue weighted by atomic mass is 9.84. The molecule has 0 radical (unpaired) electrons. The zero-order valence-corrected chi connectivity index (χ0v) is 10.6. The number of nitrogens with one attached hydrogen (secondary N) is 2. The molecule has 4 nitrogen and oxygen atoms in total. The first-order chi connectivity index (χ1) is 8.31. The number of hydrogen-bond acceptors (Lipinski definition) is 3. The number of nitrogens with two attached hydrogens (primary N) is 1. The van der Waals surface area contributed by atoms with Crippen LogP contribution in [0.2, 0.25) is 0 Å². The van der Waals surface area contributed by atoms with E-state index < -0.39 is 0 Å². The topological polar surface area (TPSA) is 67.2 Å².